The van der Waals surface area contributed by atoms with Gasteiger partial charge in [0.05, 0.1) is 23.7 Å². The first-order valence-corrected chi connectivity index (χ1v) is 8.13. The van der Waals surface area contributed by atoms with E-state index in [2.05, 4.69) is 0 Å². The molecule has 0 aromatic carbocycles. The zero-order valence-electron chi connectivity index (χ0n) is 13.1. The fraction of sp³-hybridized carbons (Fsp3) is 0.750. The van der Waals surface area contributed by atoms with Crippen LogP contribution in [0.25, 0.3) is 0 Å². The molecule has 0 aromatic heterocycles. The van der Waals surface area contributed by atoms with E-state index in [9.17, 15) is 29.4 Å². The van der Waals surface area contributed by atoms with Gasteiger partial charge in [0.25, 0.3) is 0 Å². The molecule has 2 rings (SSSR count). The van der Waals surface area contributed by atoms with E-state index in [1.54, 1.807) is 0 Å². The predicted octanol–water partition coefficient (Wildman–Crippen LogP) is 1.39. The summed E-state index contributed by atoms with van der Waals surface area (Å²) in [4.78, 5) is 45.2. The van der Waals surface area contributed by atoms with E-state index in [0.717, 1.165) is 0 Å². The van der Waals surface area contributed by atoms with Crippen molar-refractivity contribution >= 4 is 23.9 Å². The van der Waals surface area contributed by atoms with Crippen LogP contribution in [-0.2, 0) is 19.2 Å². The van der Waals surface area contributed by atoms with Crippen LogP contribution in [0.1, 0.15) is 38.5 Å². The van der Waals surface area contributed by atoms with Crippen molar-refractivity contribution in [1.82, 2.24) is 0 Å². The van der Waals surface area contributed by atoms with Crippen LogP contribution in [0.2, 0.25) is 0 Å². The Balaban J connectivity index is 2.09. The Labute approximate surface area is 138 Å². The van der Waals surface area contributed by atoms with Crippen molar-refractivity contribution in [2.45, 2.75) is 38.5 Å². The minimum absolute atomic E-state index is 0.0710. The zero-order chi connectivity index (χ0) is 18.0. The second-order valence-electron chi connectivity index (χ2n) is 6.93. The number of carboxylic acid groups (broad SMARTS) is 4. The van der Waals surface area contributed by atoms with Gasteiger partial charge in [0, 0.05) is 0 Å². The minimum atomic E-state index is -1.14. The summed E-state index contributed by atoms with van der Waals surface area (Å²) < 4.78 is 0. The molecule has 2 aliphatic rings. The Kier molecular flexibility index (Phi) is 5.46. The number of carbonyl (C=O) groups is 4. The molecule has 0 spiro atoms. The first kappa shape index (κ1) is 18.2. The second-order valence-corrected chi connectivity index (χ2v) is 6.93. The molecule has 0 heterocycles. The van der Waals surface area contributed by atoms with Gasteiger partial charge >= 0.3 is 23.9 Å². The topological polar surface area (TPSA) is 149 Å². The summed E-state index contributed by atoms with van der Waals surface area (Å²) in [5.41, 5.74) is 0. The molecular weight excluding hydrogens is 320 g/mol. The monoisotopic (exact) mass is 342 g/mol. The number of carboxylic acids is 4. The Morgan fingerprint density at radius 1 is 0.500 bits per heavy atom. The highest BCUT2D eigenvalue weighted by Gasteiger charge is 2.45. The van der Waals surface area contributed by atoms with Gasteiger partial charge in [-0.25, -0.2) is 0 Å². The van der Waals surface area contributed by atoms with Gasteiger partial charge in [-0.05, 0) is 50.4 Å². The lowest BCUT2D eigenvalue weighted by atomic mass is 9.63. The molecule has 0 aromatic rings. The van der Waals surface area contributed by atoms with Crippen molar-refractivity contribution in [3.05, 3.63) is 0 Å². The number of hydrogen-bond acceptors (Lipinski definition) is 4. The van der Waals surface area contributed by atoms with Crippen molar-refractivity contribution in [2.24, 2.45) is 35.5 Å². The fourth-order valence-corrected chi connectivity index (χ4v) is 4.40. The lowest BCUT2D eigenvalue weighted by Crippen LogP contribution is -2.41. The molecule has 0 radical (unpaired) electrons. The third kappa shape index (κ3) is 3.68. The number of rotatable bonds is 5. The fourth-order valence-electron chi connectivity index (χ4n) is 4.40. The van der Waals surface area contributed by atoms with Gasteiger partial charge < -0.3 is 20.4 Å². The molecule has 134 valence electrons. The van der Waals surface area contributed by atoms with Crippen molar-refractivity contribution in [2.75, 3.05) is 0 Å². The maximum absolute atomic E-state index is 11.4. The summed E-state index contributed by atoms with van der Waals surface area (Å²) in [5.74, 6) is -8.41. The van der Waals surface area contributed by atoms with Crippen molar-refractivity contribution in [3.63, 3.8) is 0 Å². The van der Waals surface area contributed by atoms with Gasteiger partial charge in [-0.15, -0.1) is 0 Å². The Bertz CT molecular complexity index is 494. The molecule has 24 heavy (non-hydrogen) atoms. The third-order valence-corrected chi connectivity index (χ3v) is 5.72. The summed E-state index contributed by atoms with van der Waals surface area (Å²) in [7, 11) is 0. The summed E-state index contributed by atoms with van der Waals surface area (Å²) >= 11 is 0. The van der Waals surface area contributed by atoms with Gasteiger partial charge in [-0.2, -0.15) is 0 Å². The van der Waals surface area contributed by atoms with Gasteiger partial charge in [0.2, 0.25) is 0 Å². The summed E-state index contributed by atoms with van der Waals surface area (Å²) in [6, 6.07) is 0. The molecule has 0 saturated heterocycles. The Hall–Kier alpha value is -2.12. The maximum Gasteiger partial charge on any atom is 0.307 e. The van der Waals surface area contributed by atoms with Crippen LogP contribution in [0.4, 0.5) is 0 Å². The quantitative estimate of drug-likeness (QED) is 0.585. The molecule has 0 aliphatic heterocycles. The molecule has 8 heteroatoms. The Morgan fingerprint density at radius 3 is 1.04 bits per heavy atom. The standard InChI is InChI=1S/C16H22O8/c17-13(18)9-3-1-7(5-11(9)15(21)22)8-2-4-10(14(19)20)12(6-8)16(23)24/h7-12H,1-6H2,(H,17,18)(H,19,20)(H,21,22)(H,23,24)/t7-,8+,9-,10+,11-,12+. The first-order chi connectivity index (χ1) is 11.2. The van der Waals surface area contributed by atoms with Gasteiger partial charge in [-0.1, -0.05) is 0 Å². The van der Waals surface area contributed by atoms with Crippen LogP contribution in [-0.4, -0.2) is 44.3 Å². The molecular formula is C16H22O8. The Morgan fingerprint density at radius 2 is 0.792 bits per heavy atom. The highest BCUT2D eigenvalue weighted by atomic mass is 16.4. The molecule has 8 nitrogen and oxygen atoms in total. The van der Waals surface area contributed by atoms with E-state index in [-0.39, 0.29) is 37.5 Å². The van der Waals surface area contributed by atoms with Crippen LogP contribution in [0.3, 0.4) is 0 Å². The first-order valence-electron chi connectivity index (χ1n) is 8.13. The van der Waals surface area contributed by atoms with Crippen molar-refractivity contribution < 1.29 is 39.6 Å². The van der Waals surface area contributed by atoms with Crippen molar-refractivity contribution in [3.8, 4) is 0 Å². The highest BCUT2D eigenvalue weighted by Crippen LogP contribution is 2.45. The lowest BCUT2D eigenvalue weighted by molar-refractivity contribution is -0.159. The van der Waals surface area contributed by atoms with Gasteiger partial charge in [0.15, 0.2) is 0 Å². The van der Waals surface area contributed by atoms with Crippen LogP contribution in [0, 0.1) is 35.5 Å². The molecule has 2 saturated carbocycles. The SMILES string of the molecule is O=C(O)[C@H]1CC[C@H]([C@@H]2CC[C@@H](C(=O)O)[C@H](C(=O)O)C2)C[C@@H]1C(=O)O. The second kappa shape index (κ2) is 7.19. The summed E-state index contributed by atoms with van der Waals surface area (Å²) in [5, 5.41) is 36.9. The molecule has 0 amide bonds. The van der Waals surface area contributed by atoms with E-state index >= 15 is 0 Å². The minimum Gasteiger partial charge on any atom is -0.481 e. The van der Waals surface area contributed by atoms with Gasteiger partial charge in [-0.3, -0.25) is 19.2 Å². The van der Waals surface area contributed by atoms with Crippen LogP contribution < -0.4 is 0 Å². The molecule has 4 N–H and O–H groups in total. The van der Waals surface area contributed by atoms with Crippen LogP contribution in [0.15, 0.2) is 0 Å². The average Bonchev–Trinajstić information content (AvgIpc) is 2.53. The number of hydrogen-bond donors (Lipinski definition) is 4. The van der Waals surface area contributed by atoms with E-state index in [0.29, 0.717) is 12.8 Å². The largest absolute Gasteiger partial charge is 0.481 e. The van der Waals surface area contributed by atoms with E-state index in [1.165, 1.54) is 0 Å². The van der Waals surface area contributed by atoms with E-state index in [4.69, 9.17) is 10.2 Å². The average molecular weight is 342 g/mol. The van der Waals surface area contributed by atoms with Crippen LogP contribution >= 0.6 is 0 Å². The maximum atomic E-state index is 11.4. The van der Waals surface area contributed by atoms with E-state index in [1.807, 2.05) is 0 Å². The molecule has 6 atom stereocenters. The third-order valence-electron chi connectivity index (χ3n) is 5.72. The summed E-state index contributed by atoms with van der Waals surface area (Å²) in [6.45, 7) is 0. The molecule has 2 fully saturated rings. The van der Waals surface area contributed by atoms with Gasteiger partial charge in [0.1, 0.15) is 0 Å². The van der Waals surface area contributed by atoms with Crippen molar-refractivity contribution in [1.29, 1.82) is 0 Å². The number of aliphatic carboxylic acids is 4. The molecule has 2 aliphatic carbocycles. The smallest absolute Gasteiger partial charge is 0.307 e. The molecule has 0 bridgehead atoms. The van der Waals surface area contributed by atoms with E-state index < -0.39 is 47.5 Å². The van der Waals surface area contributed by atoms with Crippen LogP contribution in [0.5, 0.6) is 0 Å². The highest BCUT2D eigenvalue weighted by molar-refractivity contribution is 5.81. The zero-order valence-corrected chi connectivity index (χ0v) is 13.1. The summed E-state index contributed by atoms with van der Waals surface area (Å²) in [6.07, 6.45) is 2.01. The lowest BCUT2D eigenvalue weighted by Gasteiger charge is -2.40. The molecule has 0 unspecified atom stereocenters. The normalized spacial score (nSPS) is 36.7. The predicted molar refractivity (Wildman–Crippen MR) is 79.2 cm³/mol.